The number of benzene rings is 1. The molecule has 1 aliphatic heterocycles. The number of nitrogens with zero attached hydrogens (tertiary/aromatic N) is 1. The third kappa shape index (κ3) is 2.91. The van der Waals surface area contributed by atoms with E-state index in [0.29, 0.717) is 23.6 Å². The molecule has 1 atom stereocenters. The van der Waals surface area contributed by atoms with Crippen LogP contribution in [0.5, 0.6) is 0 Å². The lowest BCUT2D eigenvalue weighted by atomic mass is 9.96. The van der Waals surface area contributed by atoms with Gasteiger partial charge in [-0.3, -0.25) is 0 Å². The zero-order valence-electron chi connectivity index (χ0n) is 12.1. The number of hydrogen-bond donors (Lipinski definition) is 2. The first-order valence-corrected chi connectivity index (χ1v) is 9.52. The zero-order chi connectivity index (χ0) is 15.8. The van der Waals surface area contributed by atoms with Crippen molar-refractivity contribution >= 4 is 31.4 Å². The molecule has 1 aromatic heterocycles. The van der Waals surface area contributed by atoms with Gasteiger partial charge in [-0.25, -0.2) is 8.42 Å². The van der Waals surface area contributed by atoms with E-state index in [-0.39, 0.29) is 19.6 Å². The Labute approximate surface area is 133 Å². The van der Waals surface area contributed by atoms with Crippen LogP contribution >= 0.6 is 11.3 Å². The Morgan fingerprint density at radius 3 is 2.73 bits per heavy atom. The van der Waals surface area contributed by atoms with Gasteiger partial charge in [-0.1, -0.05) is 18.2 Å². The largest absolute Gasteiger partial charge is 0.393 e. The van der Waals surface area contributed by atoms with Crippen LogP contribution in [-0.4, -0.2) is 48.2 Å². The summed E-state index contributed by atoms with van der Waals surface area (Å²) in [6.45, 7) is 0.274. The molecule has 5 nitrogen and oxygen atoms in total. The highest BCUT2D eigenvalue weighted by Crippen LogP contribution is 2.32. The van der Waals surface area contributed by atoms with Crippen molar-refractivity contribution in [2.24, 2.45) is 0 Å². The molecule has 1 aromatic carbocycles. The SMILES string of the molecule is O=S(=O)(c1cc2ccccc2s1)N1CCC[C@@](O)(CO)CC1. The van der Waals surface area contributed by atoms with Crippen molar-refractivity contribution in [2.45, 2.75) is 29.1 Å². The maximum Gasteiger partial charge on any atom is 0.252 e. The van der Waals surface area contributed by atoms with E-state index in [0.717, 1.165) is 10.1 Å². The second-order valence-electron chi connectivity index (χ2n) is 5.74. The fraction of sp³-hybridized carbons (Fsp3) is 0.467. The highest BCUT2D eigenvalue weighted by Gasteiger charge is 2.34. The molecule has 0 amide bonds. The van der Waals surface area contributed by atoms with Crippen molar-refractivity contribution in [1.82, 2.24) is 4.31 Å². The second-order valence-corrected chi connectivity index (χ2v) is 8.99. The standard InChI is InChI=1S/C15H19NO4S2/c17-11-15(18)6-3-8-16(9-7-15)22(19,20)14-10-12-4-1-2-5-13(12)21-14/h1-2,4-5,10,17-18H,3,6-9,11H2/t15-/m0/s1. The molecular weight excluding hydrogens is 322 g/mol. The maximum absolute atomic E-state index is 12.8. The summed E-state index contributed by atoms with van der Waals surface area (Å²) in [5.41, 5.74) is -1.16. The zero-order valence-corrected chi connectivity index (χ0v) is 13.7. The highest BCUT2D eigenvalue weighted by atomic mass is 32.2. The fourth-order valence-electron chi connectivity index (χ4n) is 2.76. The topological polar surface area (TPSA) is 77.8 Å². The van der Waals surface area contributed by atoms with E-state index in [2.05, 4.69) is 0 Å². The van der Waals surface area contributed by atoms with E-state index >= 15 is 0 Å². The summed E-state index contributed by atoms with van der Waals surface area (Å²) < 4.78 is 28.3. The van der Waals surface area contributed by atoms with E-state index in [4.69, 9.17) is 0 Å². The van der Waals surface area contributed by atoms with Crippen molar-refractivity contribution < 1.29 is 18.6 Å². The molecule has 1 fully saturated rings. The predicted molar refractivity (Wildman–Crippen MR) is 86.5 cm³/mol. The van der Waals surface area contributed by atoms with Gasteiger partial charge < -0.3 is 10.2 Å². The number of hydrogen-bond acceptors (Lipinski definition) is 5. The van der Waals surface area contributed by atoms with Crippen molar-refractivity contribution in [3.63, 3.8) is 0 Å². The molecule has 0 aliphatic carbocycles. The van der Waals surface area contributed by atoms with Crippen LogP contribution in [-0.2, 0) is 10.0 Å². The van der Waals surface area contributed by atoms with Crippen LogP contribution < -0.4 is 0 Å². The first-order valence-electron chi connectivity index (χ1n) is 7.27. The Balaban J connectivity index is 1.89. The van der Waals surface area contributed by atoms with Gasteiger partial charge in [0, 0.05) is 17.8 Å². The molecule has 3 rings (SSSR count). The van der Waals surface area contributed by atoms with Crippen LogP contribution in [0.25, 0.3) is 10.1 Å². The van der Waals surface area contributed by atoms with E-state index in [1.54, 1.807) is 6.07 Å². The van der Waals surface area contributed by atoms with Crippen LogP contribution in [0.1, 0.15) is 19.3 Å². The van der Waals surface area contributed by atoms with E-state index in [1.807, 2.05) is 24.3 Å². The Bertz CT molecular complexity index is 738. The van der Waals surface area contributed by atoms with Crippen LogP contribution in [0.3, 0.4) is 0 Å². The minimum Gasteiger partial charge on any atom is -0.393 e. The third-order valence-corrected chi connectivity index (χ3v) is 7.63. The molecule has 0 bridgehead atoms. The molecule has 2 aromatic rings. The summed E-state index contributed by atoms with van der Waals surface area (Å²) in [5.74, 6) is 0. The minimum atomic E-state index is -3.55. The van der Waals surface area contributed by atoms with Crippen LogP contribution in [0, 0.1) is 0 Å². The Hall–Kier alpha value is -0.990. The molecule has 2 N–H and O–H groups in total. The van der Waals surface area contributed by atoms with Gasteiger partial charge in [-0.2, -0.15) is 4.31 Å². The van der Waals surface area contributed by atoms with Gasteiger partial charge in [0.1, 0.15) is 4.21 Å². The molecule has 7 heteroatoms. The molecule has 0 radical (unpaired) electrons. The molecular formula is C15H19NO4S2. The predicted octanol–water partition coefficient (Wildman–Crippen LogP) is 1.80. The molecule has 1 saturated heterocycles. The summed E-state index contributed by atoms with van der Waals surface area (Å²) in [7, 11) is -3.55. The van der Waals surface area contributed by atoms with Gasteiger partial charge in [-0.15, -0.1) is 11.3 Å². The number of rotatable bonds is 3. The van der Waals surface area contributed by atoms with Gasteiger partial charge in [-0.05, 0) is 36.8 Å². The molecule has 2 heterocycles. The van der Waals surface area contributed by atoms with Gasteiger partial charge in [0.15, 0.2) is 0 Å². The van der Waals surface area contributed by atoms with E-state index in [1.165, 1.54) is 15.6 Å². The van der Waals surface area contributed by atoms with Crippen molar-refractivity contribution in [1.29, 1.82) is 0 Å². The van der Waals surface area contributed by atoms with Gasteiger partial charge in [0.2, 0.25) is 0 Å². The van der Waals surface area contributed by atoms with E-state index in [9.17, 15) is 18.6 Å². The molecule has 120 valence electrons. The molecule has 0 unspecified atom stereocenters. The summed E-state index contributed by atoms with van der Waals surface area (Å²) in [6.07, 6.45) is 1.22. The quantitative estimate of drug-likeness (QED) is 0.892. The summed E-state index contributed by atoms with van der Waals surface area (Å²) in [5, 5.41) is 20.3. The molecule has 22 heavy (non-hydrogen) atoms. The molecule has 1 aliphatic rings. The maximum atomic E-state index is 12.8. The average Bonchev–Trinajstić information content (AvgIpc) is 2.85. The van der Waals surface area contributed by atoms with Crippen LogP contribution in [0.4, 0.5) is 0 Å². The highest BCUT2D eigenvalue weighted by molar-refractivity contribution is 7.91. The van der Waals surface area contributed by atoms with Crippen molar-refractivity contribution in [2.75, 3.05) is 19.7 Å². The Kier molecular flexibility index (Phi) is 4.26. The fourth-order valence-corrected chi connectivity index (χ4v) is 5.80. The number of aliphatic hydroxyl groups excluding tert-OH is 1. The first-order chi connectivity index (χ1) is 10.4. The Morgan fingerprint density at radius 1 is 1.23 bits per heavy atom. The summed E-state index contributed by atoms with van der Waals surface area (Å²) >= 11 is 1.27. The lowest BCUT2D eigenvalue weighted by Gasteiger charge is -2.24. The third-order valence-electron chi connectivity index (χ3n) is 4.17. The second kappa shape index (κ2) is 5.90. The smallest absolute Gasteiger partial charge is 0.252 e. The lowest BCUT2D eigenvalue weighted by Crippen LogP contribution is -2.36. The van der Waals surface area contributed by atoms with E-state index < -0.39 is 15.6 Å². The van der Waals surface area contributed by atoms with Crippen LogP contribution in [0.15, 0.2) is 34.5 Å². The monoisotopic (exact) mass is 341 g/mol. The van der Waals surface area contributed by atoms with Crippen LogP contribution in [0.2, 0.25) is 0 Å². The number of fused-ring (bicyclic) bond motifs is 1. The average molecular weight is 341 g/mol. The number of thiophene rings is 1. The van der Waals surface area contributed by atoms with Crippen molar-refractivity contribution in [3.8, 4) is 0 Å². The summed E-state index contributed by atoms with van der Waals surface area (Å²) in [4.78, 5) is 0. The molecule has 0 saturated carbocycles. The lowest BCUT2D eigenvalue weighted by molar-refractivity contribution is -0.0243. The van der Waals surface area contributed by atoms with Crippen molar-refractivity contribution in [3.05, 3.63) is 30.3 Å². The van der Waals surface area contributed by atoms with Gasteiger partial charge in [0.25, 0.3) is 10.0 Å². The van der Waals surface area contributed by atoms with Gasteiger partial charge in [0.05, 0.1) is 12.2 Å². The first kappa shape index (κ1) is 15.9. The molecule has 0 spiro atoms. The number of sulfonamides is 1. The normalized spacial score (nSPS) is 24.5. The van der Waals surface area contributed by atoms with Gasteiger partial charge >= 0.3 is 0 Å². The summed E-state index contributed by atoms with van der Waals surface area (Å²) in [6, 6.07) is 9.30. The number of aliphatic hydroxyl groups is 2. The minimum absolute atomic E-state index is 0.230. The Morgan fingerprint density at radius 2 is 2.00 bits per heavy atom.